The third-order valence-electron chi connectivity index (χ3n) is 3.21. The van der Waals surface area contributed by atoms with Crippen LogP contribution in [0.3, 0.4) is 0 Å². The number of hydrogen-bond acceptors (Lipinski definition) is 1. The molecule has 5 heteroatoms. The first kappa shape index (κ1) is 13.5. The minimum absolute atomic E-state index is 0.0120. The number of urea groups is 1. The number of rotatable bonds is 3. The summed E-state index contributed by atoms with van der Waals surface area (Å²) in [5.74, 6) is 0.449. The van der Waals surface area contributed by atoms with E-state index in [1.807, 2.05) is 30.9 Å². The van der Waals surface area contributed by atoms with Gasteiger partial charge in [0, 0.05) is 35.2 Å². The van der Waals surface area contributed by atoms with Gasteiger partial charge in [-0.15, -0.1) is 11.6 Å². The number of anilines is 1. The van der Waals surface area contributed by atoms with Crippen LogP contribution in [0, 0.1) is 0 Å². The zero-order valence-electron chi connectivity index (χ0n) is 10.4. The van der Waals surface area contributed by atoms with Gasteiger partial charge in [0.25, 0.3) is 0 Å². The second-order valence-electron chi connectivity index (χ2n) is 4.63. The van der Waals surface area contributed by atoms with E-state index in [2.05, 4.69) is 0 Å². The van der Waals surface area contributed by atoms with Crippen LogP contribution < -0.4 is 4.90 Å². The number of halogens is 2. The highest BCUT2D eigenvalue weighted by Gasteiger charge is 2.37. The Morgan fingerprint density at radius 3 is 2.56 bits per heavy atom. The van der Waals surface area contributed by atoms with Crippen LogP contribution >= 0.6 is 23.2 Å². The summed E-state index contributed by atoms with van der Waals surface area (Å²) in [7, 11) is 0. The molecule has 1 heterocycles. The van der Waals surface area contributed by atoms with Gasteiger partial charge >= 0.3 is 6.03 Å². The zero-order valence-corrected chi connectivity index (χ0v) is 11.9. The molecule has 1 aliphatic heterocycles. The van der Waals surface area contributed by atoms with E-state index < -0.39 is 0 Å². The minimum Gasteiger partial charge on any atom is -0.316 e. The lowest BCUT2D eigenvalue weighted by atomic mass is 10.2. The largest absolute Gasteiger partial charge is 0.325 e. The molecule has 2 unspecified atom stereocenters. The second kappa shape index (κ2) is 5.37. The smallest absolute Gasteiger partial charge is 0.316 e. The van der Waals surface area contributed by atoms with Gasteiger partial charge in [-0.3, -0.25) is 4.90 Å². The van der Waals surface area contributed by atoms with Crippen LogP contribution in [0.15, 0.2) is 24.3 Å². The van der Waals surface area contributed by atoms with Crippen LogP contribution in [-0.2, 0) is 0 Å². The lowest BCUT2D eigenvalue weighted by Crippen LogP contribution is -2.41. The predicted molar refractivity (Wildman–Crippen MR) is 75.7 cm³/mol. The molecule has 3 nitrogen and oxygen atoms in total. The summed E-state index contributed by atoms with van der Waals surface area (Å²) in [6.07, 6.45) is 0. The van der Waals surface area contributed by atoms with Crippen molar-refractivity contribution >= 4 is 34.9 Å². The fourth-order valence-corrected chi connectivity index (χ4v) is 2.57. The monoisotopic (exact) mass is 286 g/mol. The number of alkyl halides is 1. The summed E-state index contributed by atoms with van der Waals surface area (Å²) in [4.78, 5) is 16.0. The molecular formula is C13H16Cl2N2O. The number of carbonyl (C=O) groups is 1. The summed E-state index contributed by atoms with van der Waals surface area (Å²) in [6, 6.07) is 7.54. The molecule has 1 saturated heterocycles. The number of amides is 2. The van der Waals surface area contributed by atoms with E-state index in [1.165, 1.54) is 0 Å². The fourth-order valence-electron chi connectivity index (χ4n) is 2.29. The number of benzene rings is 1. The van der Waals surface area contributed by atoms with Crippen molar-refractivity contribution in [1.29, 1.82) is 0 Å². The normalized spacial score (nSPS) is 21.6. The maximum absolute atomic E-state index is 12.4. The highest BCUT2D eigenvalue weighted by molar-refractivity contribution is 6.30. The molecule has 2 amide bonds. The van der Waals surface area contributed by atoms with Crippen molar-refractivity contribution in [2.75, 3.05) is 17.3 Å². The Kier molecular flexibility index (Phi) is 4.03. The van der Waals surface area contributed by atoms with Crippen molar-refractivity contribution < 1.29 is 4.79 Å². The van der Waals surface area contributed by atoms with Crippen molar-refractivity contribution in [1.82, 2.24) is 4.90 Å². The number of carbonyl (C=O) groups excluding carboxylic acids is 1. The van der Waals surface area contributed by atoms with Crippen molar-refractivity contribution in [2.24, 2.45) is 0 Å². The molecule has 1 aromatic carbocycles. The summed E-state index contributed by atoms with van der Waals surface area (Å²) >= 11 is 11.7. The van der Waals surface area contributed by atoms with Gasteiger partial charge in [-0.25, -0.2) is 4.79 Å². The molecule has 2 atom stereocenters. The molecule has 0 aliphatic carbocycles. The number of nitrogens with zero attached hydrogens (tertiary/aromatic N) is 2. The van der Waals surface area contributed by atoms with Gasteiger partial charge in [0.15, 0.2) is 0 Å². The molecule has 0 saturated carbocycles. The standard InChI is InChI=1S/C13H16Cl2N2O/c1-9(7-14)17-10(2)8-16(13(17)18)12-5-3-11(15)4-6-12/h3-6,9-10H,7-8H2,1-2H3. The average Bonchev–Trinajstić information content (AvgIpc) is 2.65. The van der Waals surface area contributed by atoms with Gasteiger partial charge in [0.1, 0.15) is 0 Å². The van der Waals surface area contributed by atoms with Crippen LogP contribution in [0.4, 0.5) is 10.5 Å². The van der Waals surface area contributed by atoms with Crippen molar-refractivity contribution in [3.8, 4) is 0 Å². The lowest BCUT2D eigenvalue weighted by Gasteiger charge is -2.26. The summed E-state index contributed by atoms with van der Waals surface area (Å²) < 4.78 is 0. The van der Waals surface area contributed by atoms with E-state index in [0.29, 0.717) is 17.4 Å². The van der Waals surface area contributed by atoms with E-state index >= 15 is 0 Å². The van der Waals surface area contributed by atoms with Gasteiger partial charge in [0.05, 0.1) is 0 Å². The lowest BCUT2D eigenvalue weighted by molar-refractivity contribution is 0.193. The third-order valence-corrected chi connectivity index (χ3v) is 3.91. The fraction of sp³-hybridized carbons (Fsp3) is 0.462. The summed E-state index contributed by atoms with van der Waals surface area (Å²) in [6.45, 7) is 4.69. The van der Waals surface area contributed by atoms with E-state index in [1.54, 1.807) is 17.0 Å². The first-order valence-electron chi connectivity index (χ1n) is 5.96. The Hall–Kier alpha value is -0.930. The SMILES string of the molecule is CC(CCl)N1C(=O)N(c2ccc(Cl)cc2)CC1C. The van der Waals surface area contributed by atoms with Crippen LogP contribution in [0.5, 0.6) is 0 Å². The molecule has 0 radical (unpaired) electrons. The van der Waals surface area contributed by atoms with Crippen molar-refractivity contribution in [3.63, 3.8) is 0 Å². The molecule has 0 aromatic heterocycles. The zero-order chi connectivity index (χ0) is 13.3. The highest BCUT2D eigenvalue weighted by Crippen LogP contribution is 2.26. The topological polar surface area (TPSA) is 23.6 Å². The molecule has 1 aliphatic rings. The third kappa shape index (κ3) is 2.43. The Labute approximate surface area is 117 Å². The van der Waals surface area contributed by atoms with E-state index in [4.69, 9.17) is 23.2 Å². The predicted octanol–water partition coefficient (Wildman–Crippen LogP) is 3.60. The quantitative estimate of drug-likeness (QED) is 0.779. The van der Waals surface area contributed by atoms with Crippen LogP contribution in [0.2, 0.25) is 5.02 Å². The molecule has 0 spiro atoms. The maximum atomic E-state index is 12.4. The van der Waals surface area contributed by atoms with Crippen molar-refractivity contribution in [2.45, 2.75) is 25.9 Å². The number of hydrogen-bond donors (Lipinski definition) is 0. The van der Waals surface area contributed by atoms with Gasteiger partial charge in [-0.2, -0.15) is 0 Å². The molecule has 1 aromatic rings. The van der Waals surface area contributed by atoms with Gasteiger partial charge in [0.2, 0.25) is 0 Å². The van der Waals surface area contributed by atoms with Crippen molar-refractivity contribution in [3.05, 3.63) is 29.3 Å². The maximum Gasteiger partial charge on any atom is 0.325 e. The molecule has 98 valence electrons. The van der Waals surface area contributed by atoms with Gasteiger partial charge in [-0.05, 0) is 38.1 Å². The Morgan fingerprint density at radius 1 is 1.39 bits per heavy atom. The molecule has 2 rings (SSSR count). The van der Waals surface area contributed by atoms with Gasteiger partial charge < -0.3 is 4.90 Å². The Morgan fingerprint density at radius 2 is 2.00 bits per heavy atom. The summed E-state index contributed by atoms with van der Waals surface area (Å²) in [5, 5.41) is 0.671. The van der Waals surface area contributed by atoms with Crippen LogP contribution in [0.1, 0.15) is 13.8 Å². The highest BCUT2D eigenvalue weighted by atomic mass is 35.5. The van der Waals surface area contributed by atoms with E-state index in [-0.39, 0.29) is 18.1 Å². The van der Waals surface area contributed by atoms with E-state index in [9.17, 15) is 4.79 Å². The average molecular weight is 287 g/mol. The Bertz CT molecular complexity index is 435. The second-order valence-corrected chi connectivity index (χ2v) is 5.37. The molecular weight excluding hydrogens is 271 g/mol. The first-order chi connectivity index (χ1) is 8.54. The molecule has 1 fully saturated rings. The molecule has 0 N–H and O–H groups in total. The molecule has 0 bridgehead atoms. The minimum atomic E-state index is 0.0120. The molecule has 18 heavy (non-hydrogen) atoms. The van der Waals surface area contributed by atoms with E-state index in [0.717, 1.165) is 5.69 Å². The van der Waals surface area contributed by atoms with Crippen LogP contribution in [-0.4, -0.2) is 35.4 Å². The first-order valence-corrected chi connectivity index (χ1v) is 6.87. The van der Waals surface area contributed by atoms with Gasteiger partial charge in [-0.1, -0.05) is 11.6 Å². The Balaban J connectivity index is 2.22. The summed E-state index contributed by atoms with van der Waals surface area (Å²) in [5.41, 5.74) is 0.875. The van der Waals surface area contributed by atoms with Crippen LogP contribution in [0.25, 0.3) is 0 Å².